The van der Waals surface area contributed by atoms with Crippen molar-refractivity contribution in [3.63, 3.8) is 0 Å². The first-order chi connectivity index (χ1) is 7.54. The summed E-state index contributed by atoms with van der Waals surface area (Å²) >= 11 is 5.93. The van der Waals surface area contributed by atoms with Crippen LogP contribution in [0.5, 0.6) is 0 Å². The molecule has 1 unspecified atom stereocenters. The van der Waals surface area contributed by atoms with Gasteiger partial charge in [-0.15, -0.1) is 12.4 Å². The second kappa shape index (κ2) is 7.50. The van der Waals surface area contributed by atoms with E-state index in [1.54, 1.807) is 12.1 Å². The third-order valence-electron chi connectivity index (χ3n) is 2.12. The Morgan fingerprint density at radius 2 is 2.24 bits per heavy atom. The van der Waals surface area contributed by atoms with Gasteiger partial charge in [0.2, 0.25) is 5.91 Å². The molecule has 0 heterocycles. The Kier molecular flexibility index (Phi) is 7.15. The normalized spacial score (nSPS) is 11.5. The number of halogens is 2. The van der Waals surface area contributed by atoms with Crippen molar-refractivity contribution in [1.82, 2.24) is 0 Å². The minimum Gasteiger partial charge on any atom is -0.383 e. The molecule has 96 valence electrons. The number of carbonyl (C=O) groups excluding carboxylic acids is 1. The van der Waals surface area contributed by atoms with Crippen LogP contribution in [0.4, 0.5) is 5.69 Å². The molecule has 0 aliphatic rings. The SMILES string of the molecule is COCC(N)C(=O)Nc1ccc(C)c(Cl)c1.Cl. The lowest BCUT2D eigenvalue weighted by atomic mass is 10.2. The van der Waals surface area contributed by atoms with E-state index in [1.165, 1.54) is 7.11 Å². The van der Waals surface area contributed by atoms with Crippen molar-refractivity contribution >= 4 is 35.6 Å². The molecule has 4 nitrogen and oxygen atoms in total. The molecule has 0 fully saturated rings. The van der Waals surface area contributed by atoms with Gasteiger partial charge in [0.15, 0.2) is 0 Å². The number of carbonyl (C=O) groups is 1. The van der Waals surface area contributed by atoms with Crippen LogP contribution in [-0.4, -0.2) is 25.7 Å². The first-order valence-corrected chi connectivity index (χ1v) is 5.24. The highest BCUT2D eigenvalue weighted by atomic mass is 35.5. The van der Waals surface area contributed by atoms with Crippen LogP contribution in [0, 0.1) is 6.92 Å². The van der Waals surface area contributed by atoms with E-state index in [0.29, 0.717) is 10.7 Å². The molecule has 1 rings (SSSR count). The summed E-state index contributed by atoms with van der Waals surface area (Å²) in [6.45, 7) is 2.08. The third-order valence-corrected chi connectivity index (χ3v) is 2.53. The zero-order valence-corrected chi connectivity index (χ0v) is 11.3. The molecule has 1 atom stereocenters. The van der Waals surface area contributed by atoms with E-state index in [0.717, 1.165) is 5.56 Å². The van der Waals surface area contributed by atoms with Crippen LogP contribution in [0.1, 0.15) is 5.56 Å². The van der Waals surface area contributed by atoms with Crippen LogP contribution in [-0.2, 0) is 9.53 Å². The van der Waals surface area contributed by atoms with Gasteiger partial charge in [0.1, 0.15) is 6.04 Å². The third kappa shape index (κ3) is 4.91. The van der Waals surface area contributed by atoms with Crippen molar-refractivity contribution in [3.8, 4) is 0 Å². The molecular weight excluding hydrogens is 263 g/mol. The fourth-order valence-corrected chi connectivity index (χ4v) is 1.34. The van der Waals surface area contributed by atoms with E-state index in [-0.39, 0.29) is 24.9 Å². The smallest absolute Gasteiger partial charge is 0.243 e. The van der Waals surface area contributed by atoms with Crippen LogP contribution < -0.4 is 11.1 Å². The standard InChI is InChI=1S/C11H15ClN2O2.ClH/c1-7-3-4-8(5-9(7)12)14-11(15)10(13)6-16-2;/h3-5,10H,6,13H2,1-2H3,(H,14,15);1H. The van der Waals surface area contributed by atoms with Crippen molar-refractivity contribution in [3.05, 3.63) is 28.8 Å². The summed E-state index contributed by atoms with van der Waals surface area (Å²) in [6, 6.07) is 4.62. The lowest BCUT2D eigenvalue weighted by Gasteiger charge is -2.11. The molecule has 1 aromatic carbocycles. The topological polar surface area (TPSA) is 64.3 Å². The van der Waals surface area contributed by atoms with Gasteiger partial charge in [-0.1, -0.05) is 17.7 Å². The van der Waals surface area contributed by atoms with Gasteiger partial charge in [-0.25, -0.2) is 0 Å². The highest BCUT2D eigenvalue weighted by Gasteiger charge is 2.13. The molecule has 0 bridgehead atoms. The second-order valence-electron chi connectivity index (χ2n) is 3.52. The quantitative estimate of drug-likeness (QED) is 0.885. The van der Waals surface area contributed by atoms with Gasteiger partial charge in [0.25, 0.3) is 0 Å². The van der Waals surface area contributed by atoms with Gasteiger partial charge in [0, 0.05) is 17.8 Å². The molecule has 3 N–H and O–H groups in total. The second-order valence-corrected chi connectivity index (χ2v) is 3.92. The number of nitrogens with one attached hydrogen (secondary N) is 1. The Hall–Kier alpha value is -0.810. The first-order valence-electron chi connectivity index (χ1n) is 4.86. The van der Waals surface area contributed by atoms with Crippen molar-refractivity contribution in [1.29, 1.82) is 0 Å². The number of amides is 1. The van der Waals surface area contributed by atoms with Crippen LogP contribution in [0.3, 0.4) is 0 Å². The highest BCUT2D eigenvalue weighted by Crippen LogP contribution is 2.19. The molecule has 1 amide bonds. The average Bonchev–Trinajstić information content (AvgIpc) is 2.24. The molecular formula is C11H16Cl2N2O2. The van der Waals surface area contributed by atoms with Gasteiger partial charge >= 0.3 is 0 Å². The number of ether oxygens (including phenoxy) is 1. The lowest BCUT2D eigenvalue weighted by Crippen LogP contribution is -2.39. The number of benzene rings is 1. The highest BCUT2D eigenvalue weighted by molar-refractivity contribution is 6.31. The summed E-state index contributed by atoms with van der Waals surface area (Å²) in [4.78, 5) is 11.5. The van der Waals surface area contributed by atoms with Gasteiger partial charge in [-0.05, 0) is 24.6 Å². The van der Waals surface area contributed by atoms with E-state index in [4.69, 9.17) is 22.1 Å². The number of hydrogen-bond donors (Lipinski definition) is 2. The van der Waals surface area contributed by atoms with E-state index < -0.39 is 6.04 Å². The predicted octanol–water partition coefficient (Wildman–Crippen LogP) is 1.98. The molecule has 0 radical (unpaired) electrons. The number of nitrogens with two attached hydrogens (primary N) is 1. The van der Waals surface area contributed by atoms with Crippen molar-refractivity contribution < 1.29 is 9.53 Å². The molecule has 0 spiro atoms. The number of methoxy groups -OCH3 is 1. The molecule has 0 aromatic heterocycles. The van der Waals surface area contributed by atoms with Crippen LogP contribution >= 0.6 is 24.0 Å². The maximum absolute atomic E-state index is 11.5. The predicted molar refractivity (Wildman–Crippen MR) is 71.9 cm³/mol. The van der Waals surface area contributed by atoms with E-state index in [1.807, 2.05) is 13.0 Å². The van der Waals surface area contributed by atoms with Crippen LogP contribution in [0.2, 0.25) is 5.02 Å². The zero-order chi connectivity index (χ0) is 12.1. The zero-order valence-electron chi connectivity index (χ0n) is 9.70. The van der Waals surface area contributed by atoms with Crippen molar-refractivity contribution in [2.24, 2.45) is 5.73 Å². The molecule has 6 heteroatoms. The largest absolute Gasteiger partial charge is 0.383 e. The van der Waals surface area contributed by atoms with E-state index in [9.17, 15) is 4.79 Å². The average molecular weight is 279 g/mol. The lowest BCUT2D eigenvalue weighted by molar-refractivity contribution is -0.118. The van der Waals surface area contributed by atoms with Crippen molar-refractivity contribution in [2.75, 3.05) is 19.0 Å². The molecule has 0 saturated carbocycles. The Morgan fingerprint density at radius 1 is 1.59 bits per heavy atom. The summed E-state index contributed by atoms with van der Waals surface area (Å²) in [6.07, 6.45) is 0. The Labute approximate surface area is 112 Å². The van der Waals surface area contributed by atoms with Gasteiger partial charge in [-0.2, -0.15) is 0 Å². The molecule has 0 aliphatic heterocycles. The number of anilines is 1. The summed E-state index contributed by atoms with van der Waals surface area (Å²) in [7, 11) is 1.50. The minimum absolute atomic E-state index is 0. The maximum Gasteiger partial charge on any atom is 0.243 e. The van der Waals surface area contributed by atoms with Gasteiger partial charge in [0.05, 0.1) is 6.61 Å². The summed E-state index contributed by atoms with van der Waals surface area (Å²) in [5.41, 5.74) is 7.16. The van der Waals surface area contributed by atoms with Gasteiger partial charge < -0.3 is 15.8 Å². The fraction of sp³-hybridized carbons (Fsp3) is 0.364. The summed E-state index contributed by atoms with van der Waals surface area (Å²) in [5, 5.41) is 3.28. The fourth-order valence-electron chi connectivity index (χ4n) is 1.16. The minimum atomic E-state index is -0.676. The van der Waals surface area contributed by atoms with E-state index >= 15 is 0 Å². The summed E-state index contributed by atoms with van der Waals surface area (Å²) in [5.74, 6) is -0.290. The number of rotatable bonds is 4. The maximum atomic E-state index is 11.5. The van der Waals surface area contributed by atoms with Crippen molar-refractivity contribution in [2.45, 2.75) is 13.0 Å². The number of aryl methyl sites for hydroxylation is 1. The Morgan fingerprint density at radius 3 is 2.76 bits per heavy atom. The monoisotopic (exact) mass is 278 g/mol. The first kappa shape index (κ1) is 16.2. The Balaban J connectivity index is 0.00000256. The summed E-state index contributed by atoms with van der Waals surface area (Å²) < 4.78 is 4.79. The molecule has 0 saturated heterocycles. The van der Waals surface area contributed by atoms with Gasteiger partial charge in [-0.3, -0.25) is 4.79 Å². The molecule has 1 aromatic rings. The molecule has 0 aliphatic carbocycles. The Bertz CT molecular complexity index is 386. The number of hydrogen-bond acceptors (Lipinski definition) is 3. The van der Waals surface area contributed by atoms with Crippen LogP contribution in [0.15, 0.2) is 18.2 Å². The van der Waals surface area contributed by atoms with Crippen LogP contribution in [0.25, 0.3) is 0 Å². The van der Waals surface area contributed by atoms with E-state index in [2.05, 4.69) is 5.32 Å². The molecule has 17 heavy (non-hydrogen) atoms.